The number of rotatable bonds is 7. The fourth-order valence-corrected chi connectivity index (χ4v) is 3.48. The van der Waals surface area contributed by atoms with E-state index in [1.165, 1.54) is 11.0 Å². The first-order valence-electron chi connectivity index (χ1n) is 10.5. The number of carbonyl (C=O) groups is 2. The highest BCUT2D eigenvalue weighted by molar-refractivity contribution is 6.04. The van der Waals surface area contributed by atoms with E-state index in [0.717, 1.165) is 22.4 Å². The van der Waals surface area contributed by atoms with Crippen molar-refractivity contribution in [2.45, 2.75) is 6.54 Å². The molecule has 0 saturated heterocycles. The zero-order chi connectivity index (χ0) is 23.2. The van der Waals surface area contributed by atoms with Crippen molar-refractivity contribution >= 4 is 23.6 Å². The number of hydrogen-bond donors (Lipinski definition) is 1. The third-order valence-corrected chi connectivity index (χ3v) is 5.30. The van der Waals surface area contributed by atoms with E-state index in [9.17, 15) is 9.59 Å². The molecule has 6 heteroatoms. The van der Waals surface area contributed by atoms with Gasteiger partial charge in [-0.25, -0.2) is 0 Å². The van der Waals surface area contributed by atoms with Crippen LogP contribution in [0.25, 0.3) is 17.3 Å². The number of nitrogens with two attached hydrogens (primary N) is 1. The van der Waals surface area contributed by atoms with Gasteiger partial charge in [-0.1, -0.05) is 60.7 Å². The van der Waals surface area contributed by atoms with Crippen LogP contribution in [-0.4, -0.2) is 28.6 Å². The van der Waals surface area contributed by atoms with E-state index in [2.05, 4.69) is 12.1 Å². The lowest BCUT2D eigenvalue weighted by Gasteiger charge is -2.15. The van der Waals surface area contributed by atoms with Gasteiger partial charge in [0.25, 0.3) is 5.91 Å². The smallest absolute Gasteiger partial charge is 0.250 e. The zero-order valence-electron chi connectivity index (χ0n) is 18.3. The average Bonchev–Trinajstić information content (AvgIpc) is 3.25. The van der Waals surface area contributed by atoms with E-state index in [1.807, 2.05) is 59.4 Å². The molecule has 4 rings (SSSR count). The summed E-state index contributed by atoms with van der Waals surface area (Å²) in [6.45, 7) is 0.634. The van der Waals surface area contributed by atoms with Crippen LogP contribution in [-0.2, 0) is 11.3 Å². The van der Waals surface area contributed by atoms with E-state index in [4.69, 9.17) is 10.8 Å². The lowest BCUT2D eigenvalue weighted by Crippen LogP contribution is -2.24. The molecule has 1 heterocycles. The first kappa shape index (κ1) is 21.8. The van der Waals surface area contributed by atoms with Crippen molar-refractivity contribution in [2.24, 2.45) is 5.73 Å². The maximum atomic E-state index is 12.8. The van der Waals surface area contributed by atoms with Crippen LogP contribution >= 0.6 is 0 Å². The summed E-state index contributed by atoms with van der Waals surface area (Å²) in [5.41, 5.74) is 10.1. The number of amides is 2. The van der Waals surface area contributed by atoms with E-state index in [0.29, 0.717) is 17.8 Å². The molecule has 0 aliphatic carbocycles. The maximum absolute atomic E-state index is 12.8. The Kier molecular flexibility index (Phi) is 6.45. The van der Waals surface area contributed by atoms with E-state index in [-0.39, 0.29) is 5.91 Å². The standard InChI is InChI=1S/C27H24N4O2/c1-30(24-15-12-22(13-16-24)27(28)33)25(32)17-14-23-19-31(18-20-8-4-2-5-9-20)29-26(23)21-10-6-3-7-11-21/h2-17,19H,18H2,1H3,(H2,28,33)/b17-14+. The quantitative estimate of drug-likeness (QED) is 0.437. The Labute approximate surface area is 192 Å². The highest BCUT2D eigenvalue weighted by atomic mass is 16.2. The Morgan fingerprint density at radius 2 is 1.58 bits per heavy atom. The molecular weight excluding hydrogens is 412 g/mol. The minimum Gasteiger partial charge on any atom is -0.366 e. The van der Waals surface area contributed by atoms with Gasteiger partial charge in [0.1, 0.15) is 0 Å². The molecule has 2 N–H and O–H groups in total. The molecule has 0 atom stereocenters. The number of benzene rings is 3. The second-order valence-corrected chi connectivity index (χ2v) is 7.62. The topological polar surface area (TPSA) is 81.2 Å². The number of primary amides is 1. The van der Waals surface area contributed by atoms with E-state index in [1.54, 1.807) is 37.4 Å². The molecule has 6 nitrogen and oxygen atoms in total. The summed E-state index contributed by atoms with van der Waals surface area (Å²) >= 11 is 0. The number of carbonyl (C=O) groups excluding carboxylic acids is 2. The molecule has 0 radical (unpaired) electrons. The number of hydrogen-bond acceptors (Lipinski definition) is 3. The van der Waals surface area contributed by atoms with Crippen LogP contribution in [0.3, 0.4) is 0 Å². The highest BCUT2D eigenvalue weighted by Crippen LogP contribution is 2.24. The number of aromatic nitrogens is 2. The Bertz CT molecular complexity index is 1280. The Balaban J connectivity index is 1.58. The van der Waals surface area contributed by atoms with Gasteiger partial charge in [-0.3, -0.25) is 14.3 Å². The van der Waals surface area contributed by atoms with Crippen LogP contribution in [0.5, 0.6) is 0 Å². The zero-order valence-corrected chi connectivity index (χ0v) is 18.3. The minimum atomic E-state index is -0.503. The number of nitrogens with zero attached hydrogens (tertiary/aromatic N) is 3. The molecule has 164 valence electrons. The predicted octanol–water partition coefficient (Wildman–Crippen LogP) is 4.37. The first-order valence-corrected chi connectivity index (χ1v) is 10.5. The third kappa shape index (κ3) is 5.25. The van der Waals surface area contributed by atoms with Gasteiger partial charge >= 0.3 is 0 Å². The van der Waals surface area contributed by atoms with E-state index < -0.39 is 5.91 Å². The van der Waals surface area contributed by atoms with Crippen LogP contribution in [0.2, 0.25) is 0 Å². The average molecular weight is 437 g/mol. The molecular formula is C27H24N4O2. The summed E-state index contributed by atoms with van der Waals surface area (Å²) in [6, 6.07) is 26.6. The molecule has 1 aromatic heterocycles. The molecule has 2 amide bonds. The SMILES string of the molecule is CN(C(=O)/C=C/c1cn(Cc2ccccc2)nc1-c1ccccc1)c1ccc(C(N)=O)cc1. The van der Waals surface area contributed by atoms with Gasteiger partial charge in [-0.05, 0) is 35.9 Å². The Morgan fingerprint density at radius 1 is 0.939 bits per heavy atom. The summed E-state index contributed by atoms with van der Waals surface area (Å²) in [5, 5.41) is 4.78. The monoisotopic (exact) mass is 436 g/mol. The van der Waals surface area contributed by atoms with Crippen molar-refractivity contribution < 1.29 is 9.59 Å². The molecule has 0 aliphatic rings. The number of likely N-dealkylation sites (N-methyl/N-ethyl adjacent to an activating group) is 1. The molecule has 0 bridgehead atoms. The van der Waals surface area contributed by atoms with Gasteiger partial charge in [0.15, 0.2) is 0 Å². The highest BCUT2D eigenvalue weighted by Gasteiger charge is 2.12. The molecule has 0 spiro atoms. The predicted molar refractivity (Wildman–Crippen MR) is 131 cm³/mol. The van der Waals surface area contributed by atoms with Gasteiger partial charge in [-0.15, -0.1) is 0 Å². The Hall–Kier alpha value is -4.45. The largest absolute Gasteiger partial charge is 0.366 e. The second-order valence-electron chi connectivity index (χ2n) is 7.62. The van der Waals surface area contributed by atoms with Crippen LogP contribution in [0, 0.1) is 0 Å². The second kappa shape index (κ2) is 9.78. The van der Waals surface area contributed by atoms with Gasteiger partial charge < -0.3 is 10.6 Å². The third-order valence-electron chi connectivity index (χ3n) is 5.30. The molecule has 0 saturated carbocycles. The maximum Gasteiger partial charge on any atom is 0.250 e. The summed E-state index contributed by atoms with van der Waals surface area (Å²) in [5.74, 6) is -0.701. The van der Waals surface area contributed by atoms with Crippen molar-refractivity contribution in [3.8, 4) is 11.3 Å². The van der Waals surface area contributed by atoms with Crippen molar-refractivity contribution in [2.75, 3.05) is 11.9 Å². The van der Waals surface area contributed by atoms with Crippen LogP contribution in [0.1, 0.15) is 21.5 Å². The van der Waals surface area contributed by atoms with Crippen molar-refractivity contribution in [1.82, 2.24) is 9.78 Å². The molecule has 3 aromatic carbocycles. The first-order chi connectivity index (χ1) is 16.0. The molecule has 0 unspecified atom stereocenters. The molecule has 33 heavy (non-hydrogen) atoms. The lowest BCUT2D eigenvalue weighted by atomic mass is 10.1. The van der Waals surface area contributed by atoms with Gasteiger partial charge in [-0.2, -0.15) is 5.10 Å². The number of anilines is 1. The van der Waals surface area contributed by atoms with Crippen molar-refractivity contribution in [3.63, 3.8) is 0 Å². The molecule has 0 fully saturated rings. The summed E-state index contributed by atoms with van der Waals surface area (Å²) < 4.78 is 1.88. The van der Waals surface area contributed by atoms with Crippen LogP contribution in [0.4, 0.5) is 5.69 Å². The summed E-state index contributed by atoms with van der Waals surface area (Å²) in [7, 11) is 1.68. The van der Waals surface area contributed by atoms with Gasteiger partial charge in [0, 0.05) is 41.7 Å². The van der Waals surface area contributed by atoms with Crippen LogP contribution < -0.4 is 10.6 Å². The lowest BCUT2D eigenvalue weighted by molar-refractivity contribution is -0.113. The fraction of sp³-hybridized carbons (Fsp3) is 0.0741. The van der Waals surface area contributed by atoms with Gasteiger partial charge in [0.2, 0.25) is 5.91 Å². The van der Waals surface area contributed by atoms with Crippen LogP contribution in [0.15, 0.2) is 97.2 Å². The van der Waals surface area contributed by atoms with E-state index >= 15 is 0 Å². The fourth-order valence-electron chi connectivity index (χ4n) is 3.48. The van der Waals surface area contributed by atoms with Crippen molar-refractivity contribution in [1.29, 1.82) is 0 Å². The minimum absolute atomic E-state index is 0.198. The van der Waals surface area contributed by atoms with Crippen molar-refractivity contribution in [3.05, 3.63) is 114 Å². The van der Waals surface area contributed by atoms with Gasteiger partial charge in [0.05, 0.1) is 12.2 Å². The summed E-state index contributed by atoms with van der Waals surface area (Å²) in [4.78, 5) is 25.6. The summed E-state index contributed by atoms with van der Waals surface area (Å²) in [6.07, 6.45) is 5.26. The molecule has 4 aromatic rings. The Morgan fingerprint density at radius 3 is 2.21 bits per heavy atom. The molecule has 0 aliphatic heterocycles. The normalized spacial score (nSPS) is 10.9.